The molecule has 4 heteroatoms. The van der Waals surface area contributed by atoms with Gasteiger partial charge in [0.15, 0.2) is 5.58 Å². The molecule has 0 aliphatic heterocycles. The maximum Gasteiger partial charge on any atom is 0.221 e. The predicted octanol–water partition coefficient (Wildman–Crippen LogP) is 4.14. The van der Waals surface area contributed by atoms with Crippen LogP contribution < -0.4 is 5.73 Å². The molecule has 2 aromatic rings. The number of nitrogens with two attached hydrogens (primary N) is 1. The molecule has 110 valence electrons. The fourth-order valence-electron chi connectivity index (χ4n) is 2.26. The molecule has 0 aliphatic carbocycles. The number of hydrogen-bond acceptors (Lipinski definition) is 4. The van der Waals surface area contributed by atoms with Crippen LogP contribution in [0, 0.1) is 5.92 Å². The summed E-state index contributed by atoms with van der Waals surface area (Å²) in [4.78, 5) is 4.39. The highest BCUT2D eigenvalue weighted by Gasteiger charge is 2.09. The summed E-state index contributed by atoms with van der Waals surface area (Å²) in [6, 6.07) is 5.49. The average molecular weight is 276 g/mol. The number of unbranched alkanes of at least 4 members (excludes halogenated alkanes) is 1. The van der Waals surface area contributed by atoms with Gasteiger partial charge >= 0.3 is 0 Å². The van der Waals surface area contributed by atoms with Crippen molar-refractivity contribution in [1.82, 2.24) is 4.98 Å². The largest absolute Gasteiger partial charge is 0.438 e. The minimum absolute atomic E-state index is 0.428. The molecule has 1 aromatic carbocycles. The zero-order valence-electron chi connectivity index (χ0n) is 12.4. The van der Waals surface area contributed by atoms with Gasteiger partial charge in [-0.2, -0.15) is 0 Å². The molecule has 0 bridgehead atoms. The number of benzene rings is 1. The zero-order valence-corrected chi connectivity index (χ0v) is 12.4. The van der Waals surface area contributed by atoms with E-state index in [2.05, 4.69) is 18.8 Å². The molecule has 0 aliphatic rings. The molecule has 0 saturated heterocycles. The summed E-state index contributed by atoms with van der Waals surface area (Å²) < 4.78 is 11.4. The van der Waals surface area contributed by atoms with Gasteiger partial charge in [0, 0.05) is 11.8 Å². The van der Waals surface area contributed by atoms with Crippen LogP contribution in [0.1, 0.15) is 45.4 Å². The van der Waals surface area contributed by atoms with Crippen molar-refractivity contribution in [2.45, 2.75) is 46.1 Å². The summed E-state index contributed by atoms with van der Waals surface area (Å²) in [5.41, 5.74) is 7.96. The highest BCUT2D eigenvalue weighted by molar-refractivity contribution is 5.76. The summed E-state index contributed by atoms with van der Waals surface area (Å²) >= 11 is 0. The molecule has 2 N–H and O–H groups in total. The molecule has 1 atom stereocenters. The van der Waals surface area contributed by atoms with E-state index in [1.165, 1.54) is 19.3 Å². The Morgan fingerprint density at radius 1 is 1.35 bits per heavy atom. The second-order valence-corrected chi connectivity index (χ2v) is 5.27. The second-order valence-electron chi connectivity index (χ2n) is 5.27. The van der Waals surface area contributed by atoms with E-state index in [1.807, 2.05) is 12.1 Å². The molecule has 4 nitrogen and oxygen atoms in total. The molecule has 0 radical (unpaired) electrons. The van der Waals surface area contributed by atoms with Crippen LogP contribution in [0.2, 0.25) is 0 Å². The SMILES string of the molecule is CCCCC(CC)COCc1nc2ccc(N)cc2o1. The Labute approximate surface area is 120 Å². The highest BCUT2D eigenvalue weighted by Crippen LogP contribution is 2.19. The van der Waals surface area contributed by atoms with E-state index in [0.717, 1.165) is 24.1 Å². The second kappa shape index (κ2) is 7.29. The molecular weight excluding hydrogens is 252 g/mol. The molecule has 1 aromatic heterocycles. The molecule has 0 spiro atoms. The lowest BCUT2D eigenvalue weighted by Gasteiger charge is -2.13. The molecule has 0 amide bonds. The third-order valence-electron chi connectivity index (χ3n) is 3.58. The average Bonchev–Trinajstić information content (AvgIpc) is 2.84. The Morgan fingerprint density at radius 2 is 2.20 bits per heavy atom. The number of nitrogens with zero attached hydrogens (tertiary/aromatic N) is 1. The first-order chi connectivity index (χ1) is 9.72. The third-order valence-corrected chi connectivity index (χ3v) is 3.58. The fourth-order valence-corrected chi connectivity index (χ4v) is 2.26. The Bertz CT molecular complexity index is 536. The molecule has 20 heavy (non-hydrogen) atoms. The van der Waals surface area contributed by atoms with Gasteiger partial charge in [-0.15, -0.1) is 0 Å². The van der Waals surface area contributed by atoms with Crippen molar-refractivity contribution in [1.29, 1.82) is 0 Å². The minimum atomic E-state index is 0.428. The van der Waals surface area contributed by atoms with Crippen LogP contribution in [0.4, 0.5) is 5.69 Å². The predicted molar refractivity (Wildman–Crippen MR) is 81.4 cm³/mol. The molecule has 0 saturated carbocycles. The lowest BCUT2D eigenvalue weighted by atomic mass is 10.0. The normalized spacial score (nSPS) is 12.9. The van der Waals surface area contributed by atoms with Crippen molar-refractivity contribution >= 4 is 16.8 Å². The van der Waals surface area contributed by atoms with Crippen LogP contribution in [-0.2, 0) is 11.3 Å². The van der Waals surface area contributed by atoms with Gasteiger partial charge in [-0.05, 0) is 24.5 Å². The maximum absolute atomic E-state index is 5.74. The lowest BCUT2D eigenvalue weighted by molar-refractivity contribution is 0.0691. The van der Waals surface area contributed by atoms with E-state index in [-0.39, 0.29) is 0 Å². The smallest absolute Gasteiger partial charge is 0.221 e. The van der Waals surface area contributed by atoms with Crippen molar-refractivity contribution < 1.29 is 9.15 Å². The Morgan fingerprint density at radius 3 is 2.95 bits per heavy atom. The number of hydrogen-bond donors (Lipinski definition) is 1. The molecule has 1 heterocycles. The van der Waals surface area contributed by atoms with E-state index >= 15 is 0 Å². The molecule has 0 fully saturated rings. The van der Waals surface area contributed by atoms with Crippen molar-refractivity contribution in [2.75, 3.05) is 12.3 Å². The van der Waals surface area contributed by atoms with E-state index in [9.17, 15) is 0 Å². The van der Waals surface area contributed by atoms with Crippen LogP contribution in [0.3, 0.4) is 0 Å². The first-order valence-corrected chi connectivity index (χ1v) is 7.45. The summed E-state index contributed by atoms with van der Waals surface area (Å²) in [6.07, 6.45) is 4.90. The van der Waals surface area contributed by atoms with Gasteiger partial charge in [0.05, 0.1) is 6.61 Å². The number of oxazole rings is 1. The van der Waals surface area contributed by atoms with Gasteiger partial charge in [0.25, 0.3) is 0 Å². The summed E-state index contributed by atoms with van der Waals surface area (Å²) in [5, 5.41) is 0. The molecular formula is C16H24N2O2. The first-order valence-electron chi connectivity index (χ1n) is 7.45. The topological polar surface area (TPSA) is 61.3 Å². The third kappa shape index (κ3) is 3.97. The zero-order chi connectivity index (χ0) is 14.4. The molecule has 1 unspecified atom stereocenters. The summed E-state index contributed by atoms with van der Waals surface area (Å²) in [6.45, 7) is 5.64. The maximum atomic E-state index is 5.74. The Kier molecular flexibility index (Phi) is 5.41. The van der Waals surface area contributed by atoms with Crippen molar-refractivity contribution in [3.63, 3.8) is 0 Å². The first kappa shape index (κ1) is 14.9. The van der Waals surface area contributed by atoms with Crippen LogP contribution in [0.25, 0.3) is 11.1 Å². The van der Waals surface area contributed by atoms with Crippen LogP contribution in [-0.4, -0.2) is 11.6 Å². The van der Waals surface area contributed by atoms with E-state index in [0.29, 0.717) is 24.1 Å². The number of ether oxygens (including phenoxy) is 1. The van der Waals surface area contributed by atoms with Crippen molar-refractivity contribution in [2.24, 2.45) is 5.92 Å². The lowest BCUT2D eigenvalue weighted by Crippen LogP contribution is -2.08. The van der Waals surface area contributed by atoms with Gasteiger partial charge in [-0.1, -0.05) is 33.1 Å². The summed E-state index contributed by atoms with van der Waals surface area (Å²) in [7, 11) is 0. The van der Waals surface area contributed by atoms with Gasteiger partial charge < -0.3 is 14.9 Å². The minimum Gasteiger partial charge on any atom is -0.438 e. The quantitative estimate of drug-likeness (QED) is 0.736. The van der Waals surface area contributed by atoms with Crippen LogP contribution in [0.5, 0.6) is 0 Å². The Balaban J connectivity index is 1.86. The number of fused-ring (bicyclic) bond motifs is 1. The molecule has 2 rings (SSSR count). The highest BCUT2D eigenvalue weighted by atomic mass is 16.5. The van der Waals surface area contributed by atoms with Gasteiger partial charge in [0.2, 0.25) is 5.89 Å². The Hall–Kier alpha value is -1.55. The van der Waals surface area contributed by atoms with E-state index in [1.54, 1.807) is 6.07 Å². The number of anilines is 1. The monoisotopic (exact) mass is 276 g/mol. The van der Waals surface area contributed by atoms with Gasteiger partial charge in [0.1, 0.15) is 12.1 Å². The van der Waals surface area contributed by atoms with Gasteiger partial charge in [-0.25, -0.2) is 4.98 Å². The number of rotatable bonds is 8. The summed E-state index contributed by atoms with van der Waals surface area (Å²) in [5.74, 6) is 1.26. The fraction of sp³-hybridized carbons (Fsp3) is 0.562. The van der Waals surface area contributed by atoms with E-state index in [4.69, 9.17) is 14.9 Å². The van der Waals surface area contributed by atoms with Crippen molar-refractivity contribution in [3.8, 4) is 0 Å². The van der Waals surface area contributed by atoms with Crippen LogP contribution in [0.15, 0.2) is 22.6 Å². The van der Waals surface area contributed by atoms with Gasteiger partial charge in [-0.3, -0.25) is 0 Å². The van der Waals surface area contributed by atoms with E-state index < -0.39 is 0 Å². The van der Waals surface area contributed by atoms with Crippen LogP contribution >= 0.6 is 0 Å². The number of aromatic nitrogens is 1. The number of nitrogen functional groups attached to an aromatic ring is 1. The van der Waals surface area contributed by atoms with Crippen molar-refractivity contribution in [3.05, 3.63) is 24.1 Å². The standard InChI is InChI=1S/C16H24N2O2/c1-3-5-6-12(4-2)10-19-11-16-18-14-8-7-13(17)9-15(14)20-16/h7-9,12H,3-6,10-11,17H2,1-2H3.